The third-order valence-electron chi connectivity index (χ3n) is 4.50. The van der Waals surface area contributed by atoms with Gasteiger partial charge in [-0.3, -0.25) is 9.59 Å². The van der Waals surface area contributed by atoms with Gasteiger partial charge in [-0.15, -0.1) is 0 Å². The highest BCUT2D eigenvalue weighted by atomic mass is 19.3. The summed E-state index contributed by atoms with van der Waals surface area (Å²) in [5, 5.41) is 11.9. The molecule has 116 valence electrons. The Kier molecular flexibility index (Phi) is 5.48. The molecule has 0 radical (unpaired) electrons. The average molecular weight is 291 g/mol. The maximum absolute atomic E-state index is 13.0. The molecule has 0 atom stereocenters. The molecule has 2 N–H and O–H groups in total. The molecule has 0 unspecified atom stereocenters. The first-order valence-electron chi connectivity index (χ1n) is 7.15. The molecule has 6 heteroatoms. The lowest BCUT2D eigenvalue weighted by Gasteiger charge is -2.30. The van der Waals surface area contributed by atoms with E-state index < -0.39 is 23.2 Å². The van der Waals surface area contributed by atoms with Gasteiger partial charge in [0.2, 0.25) is 11.8 Å². The number of alkyl halides is 2. The van der Waals surface area contributed by atoms with Crippen molar-refractivity contribution in [1.82, 2.24) is 5.32 Å². The second kappa shape index (κ2) is 6.50. The predicted molar refractivity (Wildman–Crippen MR) is 70.6 cm³/mol. The van der Waals surface area contributed by atoms with Crippen molar-refractivity contribution in [3.8, 4) is 0 Å². The van der Waals surface area contributed by atoms with Crippen molar-refractivity contribution in [2.24, 2.45) is 11.3 Å². The van der Waals surface area contributed by atoms with E-state index in [1.54, 1.807) is 13.8 Å². The van der Waals surface area contributed by atoms with Crippen molar-refractivity contribution < 1.29 is 23.5 Å². The van der Waals surface area contributed by atoms with Crippen molar-refractivity contribution in [2.75, 3.05) is 6.54 Å². The van der Waals surface area contributed by atoms with Crippen LogP contribution in [0.15, 0.2) is 0 Å². The van der Waals surface area contributed by atoms with Crippen LogP contribution in [0.2, 0.25) is 0 Å². The predicted octanol–water partition coefficient (Wildman–Crippen LogP) is 2.82. The molecule has 0 saturated heterocycles. The monoisotopic (exact) mass is 291 g/mol. The Balaban J connectivity index is 2.53. The van der Waals surface area contributed by atoms with Crippen LogP contribution in [0.3, 0.4) is 0 Å². The summed E-state index contributed by atoms with van der Waals surface area (Å²) in [5.41, 5.74) is -0.964. The SMILES string of the molecule is CCC(CC)(CNC(=O)C1CCC(F)(F)CC1)C(=O)O. The summed E-state index contributed by atoms with van der Waals surface area (Å²) in [6, 6.07) is 0. The lowest BCUT2D eigenvalue weighted by molar-refractivity contribution is -0.149. The van der Waals surface area contributed by atoms with Gasteiger partial charge >= 0.3 is 5.97 Å². The Labute approximate surface area is 117 Å². The number of carboxylic acid groups (broad SMARTS) is 1. The smallest absolute Gasteiger partial charge is 0.311 e. The van der Waals surface area contributed by atoms with E-state index in [1.807, 2.05) is 0 Å². The van der Waals surface area contributed by atoms with Gasteiger partial charge in [0.1, 0.15) is 0 Å². The maximum atomic E-state index is 13.0. The molecule has 0 aromatic carbocycles. The number of hydrogen-bond acceptors (Lipinski definition) is 2. The van der Waals surface area contributed by atoms with E-state index in [-0.39, 0.29) is 38.1 Å². The third kappa shape index (κ3) is 3.90. The number of carbonyl (C=O) groups excluding carboxylic acids is 1. The molecule has 1 amide bonds. The molecule has 0 aromatic rings. The summed E-state index contributed by atoms with van der Waals surface area (Å²) in [6.07, 6.45) is 0.630. The maximum Gasteiger partial charge on any atom is 0.311 e. The molecule has 1 aliphatic rings. The number of nitrogens with one attached hydrogen (secondary N) is 1. The van der Waals surface area contributed by atoms with Gasteiger partial charge in [0.15, 0.2) is 0 Å². The minimum Gasteiger partial charge on any atom is -0.481 e. The highest BCUT2D eigenvalue weighted by Gasteiger charge is 2.39. The van der Waals surface area contributed by atoms with E-state index in [4.69, 9.17) is 0 Å². The fraction of sp³-hybridized carbons (Fsp3) is 0.857. The van der Waals surface area contributed by atoms with Crippen molar-refractivity contribution in [3.63, 3.8) is 0 Å². The Morgan fingerprint density at radius 3 is 2.15 bits per heavy atom. The number of carbonyl (C=O) groups is 2. The second-order valence-electron chi connectivity index (χ2n) is 5.64. The fourth-order valence-electron chi connectivity index (χ4n) is 2.58. The van der Waals surface area contributed by atoms with E-state index in [2.05, 4.69) is 5.32 Å². The fourth-order valence-corrected chi connectivity index (χ4v) is 2.58. The van der Waals surface area contributed by atoms with Gasteiger partial charge < -0.3 is 10.4 Å². The number of rotatable bonds is 6. The van der Waals surface area contributed by atoms with E-state index in [0.717, 1.165) is 0 Å². The van der Waals surface area contributed by atoms with Crippen LogP contribution >= 0.6 is 0 Å². The molecule has 4 nitrogen and oxygen atoms in total. The number of amides is 1. The molecule has 0 bridgehead atoms. The molecule has 0 spiro atoms. The lowest BCUT2D eigenvalue weighted by Crippen LogP contribution is -2.45. The number of carboxylic acids is 1. The molecular formula is C14H23F2NO3. The zero-order chi connectivity index (χ0) is 15.4. The highest BCUT2D eigenvalue weighted by Crippen LogP contribution is 2.36. The van der Waals surface area contributed by atoms with Crippen molar-refractivity contribution in [3.05, 3.63) is 0 Å². The van der Waals surface area contributed by atoms with Gasteiger partial charge in [-0.2, -0.15) is 0 Å². The molecule has 0 aromatic heterocycles. The Morgan fingerprint density at radius 2 is 1.75 bits per heavy atom. The first-order chi connectivity index (χ1) is 9.26. The first kappa shape index (κ1) is 16.9. The number of aliphatic carboxylic acids is 1. The quantitative estimate of drug-likeness (QED) is 0.791. The van der Waals surface area contributed by atoms with Crippen LogP contribution in [-0.2, 0) is 9.59 Å². The molecule has 1 rings (SSSR count). The van der Waals surface area contributed by atoms with E-state index in [0.29, 0.717) is 12.8 Å². The molecule has 1 fully saturated rings. The lowest BCUT2D eigenvalue weighted by atomic mass is 9.81. The minimum atomic E-state index is -2.66. The van der Waals surface area contributed by atoms with E-state index >= 15 is 0 Å². The van der Waals surface area contributed by atoms with Crippen LogP contribution in [0, 0.1) is 11.3 Å². The normalized spacial score (nSPS) is 19.6. The van der Waals surface area contributed by atoms with Crippen LogP contribution in [0.25, 0.3) is 0 Å². The average Bonchev–Trinajstić information content (AvgIpc) is 2.39. The van der Waals surface area contributed by atoms with E-state index in [9.17, 15) is 23.5 Å². The van der Waals surface area contributed by atoms with Gasteiger partial charge in [0, 0.05) is 25.3 Å². The minimum absolute atomic E-state index is 0.0566. The van der Waals surface area contributed by atoms with Gasteiger partial charge in [0.05, 0.1) is 5.41 Å². The second-order valence-corrected chi connectivity index (χ2v) is 5.64. The largest absolute Gasteiger partial charge is 0.481 e. The molecule has 20 heavy (non-hydrogen) atoms. The summed E-state index contributed by atoms with van der Waals surface area (Å²) in [6.45, 7) is 3.59. The summed E-state index contributed by atoms with van der Waals surface area (Å²) in [5.74, 6) is -4.31. The molecular weight excluding hydrogens is 268 g/mol. The first-order valence-corrected chi connectivity index (χ1v) is 7.15. The Hall–Kier alpha value is -1.20. The van der Waals surface area contributed by atoms with Crippen LogP contribution in [-0.4, -0.2) is 29.5 Å². The van der Waals surface area contributed by atoms with Crippen LogP contribution in [0.5, 0.6) is 0 Å². The highest BCUT2D eigenvalue weighted by molar-refractivity contribution is 5.80. The van der Waals surface area contributed by atoms with Crippen molar-refractivity contribution in [1.29, 1.82) is 0 Å². The van der Waals surface area contributed by atoms with Crippen molar-refractivity contribution >= 4 is 11.9 Å². The van der Waals surface area contributed by atoms with Gasteiger partial charge in [-0.1, -0.05) is 13.8 Å². The topological polar surface area (TPSA) is 66.4 Å². The summed E-state index contributed by atoms with van der Waals surface area (Å²) in [7, 11) is 0. The zero-order valence-corrected chi connectivity index (χ0v) is 12.0. The van der Waals surface area contributed by atoms with Crippen LogP contribution < -0.4 is 5.32 Å². The summed E-state index contributed by atoms with van der Waals surface area (Å²) in [4.78, 5) is 23.3. The number of hydrogen-bond donors (Lipinski definition) is 2. The van der Waals surface area contributed by atoms with Gasteiger partial charge in [-0.25, -0.2) is 8.78 Å². The van der Waals surface area contributed by atoms with Crippen LogP contribution in [0.4, 0.5) is 8.78 Å². The molecule has 0 aliphatic heterocycles. The number of halogens is 2. The van der Waals surface area contributed by atoms with Crippen molar-refractivity contribution in [2.45, 2.75) is 58.3 Å². The standard InChI is InChI=1S/C14H23F2NO3/c1-3-13(4-2,12(19)20)9-17-11(18)10-5-7-14(15,16)8-6-10/h10H,3-9H2,1-2H3,(H,17,18)(H,19,20). The summed E-state index contributed by atoms with van der Waals surface area (Å²) < 4.78 is 26.0. The Morgan fingerprint density at radius 1 is 1.25 bits per heavy atom. The third-order valence-corrected chi connectivity index (χ3v) is 4.50. The van der Waals surface area contributed by atoms with Gasteiger partial charge in [0.25, 0.3) is 0 Å². The molecule has 1 aliphatic carbocycles. The Bertz CT molecular complexity index is 357. The van der Waals surface area contributed by atoms with Gasteiger partial charge in [-0.05, 0) is 25.7 Å². The zero-order valence-electron chi connectivity index (χ0n) is 12.0. The molecule has 1 saturated carbocycles. The molecule has 0 heterocycles. The van der Waals surface area contributed by atoms with Crippen LogP contribution in [0.1, 0.15) is 52.4 Å². The summed E-state index contributed by atoms with van der Waals surface area (Å²) >= 11 is 0. The van der Waals surface area contributed by atoms with E-state index in [1.165, 1.54) is 0 Å².